The zero-order valence-electron chi connectivity index (χ0n) is 18.9. The zero-order chi connectivity index (χ0) is 22.2. The van der Waals surface area contributed by atoms with Crippen molar-refractivity contribution in [1.82, 2.24) is 10.2 Å². The van der Waals surface area contributed by atoms with Crippen molar-refractivity contribution >= 4 is 23.2 Å². The molecule has 1 N–H and O–H groups in total. The smallest absolute Gasteiger partial charge is 0.251 e. The van der Waals surface area contributed by atoms with Gasteiger partial charge < -0.3 is 20.0 Å². The summed E-state index contributed by atoms with van der Waals surface area (Å²) in [5.74, 6) is -0.0419. The van der Waals surface area contributed by atoms with Gasteiger partial charge in [0.25, 0.3) is 5.91 Å². The Labute approximate surface area is 185 Å². The van der Waals surface area contributed by atoms with Gasteiger partial charge in [-0.25, -0.2) is 0 Å². The number of piperazine rings is 1. The van der Waals surface area contributed by atoms with E-state index in [1.165, 1.54) is 5.69 Å². The second-order valence-corrected chi connectivity index (χ2v) is 8.14. The highest BCUT2D eigenvalue weighted by atomic mass is 16.2. The third kappa shape index (κ3) is 6.00. The number of hydrogen-bond donors (Lipinski definition) is 1. The molecule has 31 heavy (non-hydrogen) atoms. The zero-order valence-corrected chi connectivity index (χ0v) is 18.9. The summed E-state index contributed by atoms with van der Waals surface area (Å²) in [6, 6.07) is 18.3. The summed E-state index contributed by atoms with van der Waals surface area (Å²) >= 11 is 0. The molecule has 1 saturated heterocycles. The number of para-hydroxylation sites is 1. The summed E-state index contributed by atoms with van der Waals surface area (Å²) in [6.07, 6.45) is 0.326. The lowest BCUT2D eigenvalue weighted by Crippen LogP contribution is -2.49. The van der Waals surface area contributed by atoms with Gasteiger partial charge in [0, 0.05) is 68.7 Å². The van der Waals surface area contributed by atoms with Gasteiger partial charge in [-0.15, -0.1) is 0 Å². The van der Waals surface area contributed by atoms with E-state index in [4.69, 9.17) is 0 Å². The number of carbonyl (C=O) groups is 2. The molecule has 2 amide bonds. The molecule has 0 atom stereocenters. The highest BCUT2D eigenvalue weighted by molar-refractivity contribution is 5.94. The standard InChI is InChI=1S/C25H34N4O2/c1-4-29(20(2)3)23-12-10-21(11-13-23)25(31)26-15-14-24(30)28-18-16-27(17-19-28)22-8-6-5-7-9-22/h5-13,20H,4,14-19H2,1-3H3,(H,26,31). The van der Waals surface area contributed by atoms with E-state index in [0.717, 1.165) is 25.3 Å². The Morgan fingerprint density at radius 2 is 1.61 bits per heavy atom. The Bertz CT molecular complexity index is 844. The molecule has 1 aliphatic heterocycles. The maximum absolute atomic E-state index is 12.5. The molecule has 6 nitrogen and oxygen atoms in total. The molecule has 0 radical (unpaired) electrons. The highest BCUT2D eigenvalue weighted by Gasteiger charge is 2.21. The van der Waals surface area contributed by atoms with E-state index in [-0.39, 0.29) is 11.8 Å². The fourth-order valence-electron chi connectivity index (χ4n) is 4.05. The number of anilines is 2. The summed E-state index contributed by atoms with van der Waals surface area (Å²) in [5, 5.41) is 2.88. The molecule has 0 aliphatic carbocycles. The molecule has 0 spiro atoms. The number of benzene rings is 2. The van der Waals surface area contributed by atoms with E-state index in [1.54, 1.807) is 0 Å². The fraction of sp³-hybridized carbons (Fsp3) is 0.440. The number of nitrogens with zero attached hydrogens (tertiary/aromatic N) is 3. The van der Waals surface area contributed by atoms with Crippen molar-refractivity contribution in [2.24, 2.45) is 0 Å². The summed E-state index contributed by atoms with van der Waals surface area (Å²) < 4.78 is 0. The van der Waals surface area contributed by atoms with Crippen molar-refractivity contribution < 1.29 is 9.59 Å². The van der Waals surface area contributed by atoms with Crippen LogP contribution in [0.15, 0.2) is 54.6 Å². The van der Waals surface area contributed by atoms with E-state index in [1.807, 2.05) is 47.4 Å². The average Bonchev–Trinajstić information content (AvgIpc) is 2.80. The molecule has 166 valence electrons. The average molecular weight is 423 g/mol. The van der Waals surface area contributed by atoms with Crippen LogP contribution in [-0.2, 0) is 4.79 Å². The first-order valence-electron chi connectivity index (χ1n) is 11.2. The van der Waals surface area contributed by atoms with Crippen molar-refractivity contribution in [2.75, 3.05) is 49.1 Å². The van der Waals surface area contributed by atoms with E-state index < -0.39 is 0 Å². The first-order valence-corrected chi connectivity index (χ1v) is 11.2. The van der Waals surface area contributed by atoms with Crippen LogP contribution < -0.4 is 15.1 Å². The lowest BCUT2D eigenvalue weighted by molar-refractivity contribution is -0.131. The minimum Gasteiger partial charge on any atom is -0.369 e. The Morgan fingerprint density at radius 1 is 0.968 bits per heavy atom. The molecule has 1 fully saturated rings. The van der Waals surface area contributed by atoms with Crippen molar-refractivity contribution in [3.05, 3.63) is 60.2 Å². The molecular formula is C25H34N4O2. The summed E-state index contributed by atoms with van der Waals surface area (Å²) in [6.45, 7) is 10.8. The van der Waals surface area contributed by atoms with E-state index in [9.17, 15) is 9.59 Å². The maximum atomic E-state index is 12.5. The van der Waals surface area contributed by atoms with Crippen molar-refractivity contribution in [3.63, 3.8) is 0 Å². The van der Waals surface area contributed by atoms with Gasteiger partial charge in [0.2, 0.25) is 5.91 Å². The molecule has 1 heterocycles. The number of amides is 2. The second-order valence-electron chi connectivity index (χ2n) is 8.14. The Balaban J connectivity index is 1.42. The topological polar surface area (TPSA) is 55.9 Å². The lowest BCUT2D eigenvalue weighted by atomic mass is 10.1. The quantitative estimate of drug-likeness (QED) is 0.709. The molecule has 0 unspecified atom stereocenters. The summed E-state index contributed by atoms with van der Waals surface area (Å²) in [5.41, 5.74) is 2.93. The molecule has 0 aromatic heterocycles. The van der Waals surface area contributed by atoms with Gasteiger partial charge >= 0.3 is 0 Å². The van der Waals surface area contributed by atoms with Crippen LogP contribution in [0.1, 0.15) is 37.6 Å². The van der Waals surface area contributed by atoms with Gasteiger partial charge in [0.15, 0.2) is 0 Å². The third-order valence-electron chi connectivity index (χ3n) is 5.80. The Hall–Kier alpha value is -3.02. The normalized spacial score (nSPS) is 13.9. The van der Waals surface area contributed by atoms with Gasteiger partial charge in [-0.2, -0.15) is 0 Å². The SMILES string of the molecule is CCN(c1ccc(C(=O)NCCC(=O)N2CCN(c3ccccc3)CC2)cc1)C(C)C. The molecule has 0 bridgehead atoms. The van der Waals surface area contributed by atoms with Gasteiger partial charge in [-0.3, -0.25) is 9.59 Å². The van der Waals surface area contributed by atoms with Crippen LogP contribution in [0.4, 0.5) is 11.4 Å². The lowest BCUT2D eigenvalue weighted by Gasteiger charge is -2.36. The van der Waals surface area contributed by atoms with Crippen LogP contribution in [0.5, 0.6) is 0 Å². The summed E-state index contributed by atoms with van der Waals surface area (Å²) in [4.78, 5) is 31.4. The molecular weight excluding hydrogens is 388 g/mol. The van der Waals surface area contributed by atoms with E-state index in [2.05, 4.69) is 48.0 Å². The van der Waals surface area contributed by atoms with Gasteiger partial charge in [-0.1, -0.05) is 18.2 Å². The largest absolute Gasteiger partial charge is 0.369 e. The van der Waals surface area contributed by atoms with E-state index in [0.29, 0.717) is 37.7 Å². The van der Waals surface area contributed by atoms with Crippen LogP contribution in [0.2, 0.25) is 0 Å². The van der Waals surface area contributed by atoms with E-state index >= 15 is 0 Å². The predicted molar refractivity (Wildman–Crippen MR) is 127 cm³/mol. The minimum atomic E-state index is -0.138. The minimum absolute atomic E-state index is 0.0962. The van der Waals surface area contributed by atoms with Crippen LogP contribution in [0, 0.1) is 0 Å². The van der Waals surface area contributed by atoms with Crippen LogP contribution >= 0.6 is 0 Å². The third-order valence-corrected chi connectivity index (χ3v) is 5.80. The Morgan fingerprint density at radius 3 is 2.19 bits per heavy atom. The molecule has 3 rings (SSSR count). The number of hydrogen-bond acceptors (Lipinski definition) is 4. The number of rotatable bonds is 8. The molecule has 2 aromatic rings. The summed E-state index contributed by atoms with van der Waals surface area (Å²) in [7, 11) is 0. The van der Waals surface area contributed by atoms with Crippen LogP contribution in [0.25, 0.3) is 0 Å². The first kappa shape index (κ1) is 22.7. The van der Waals surface area contributed by atoms with Crippen molar-refractivity contribution in [2.45, 2.75) is 33.2 Å². The van der Waals surface area contributed by atoms with Crippen LogP contribution in [-0.4, -0.2) is 62.0 Å². The molecule has 0 saturated carbocycles. The predicted octanol–water partition coefficient (Wildman–Crippen LogP) is 3.39. The van der Waals surface area contributed by atoms with Gasteiger partial charge in [0.05, 0.1) is 0 Å². The highest BCUT2D eigenvalue weighted by Crippen LogP contribution is 2.18. The van der Waals surface area contributed by atoms with Gasteiger partial charge in [0.1, 0.15) is 0 Å². The molecule has 1 aliphatic rings. The van der Waals surface area contributed by atoms with Crippen LogP contribution in [0.3, 0.4) is 0 Å². The first-order chi connectivity index (χ1) is 15.0. The van der Waals surface area contributed by atoms with Crippen molar-refractivity contribution in [3.8, 4) is 0 Å². The monoisotopic (exact) mass is 422 g/mol. The van der Waals surface area contributed by atoms with Crippen molar-refractivity contribution in [1.29, 1.82) is 0 Å². The second kappa shape index (κ2) is 10.8. The fourth-order valence-corrected chi connectivity index (χ4v) is 4.05. The maximum Gasteiger partial charge on any atom is 0.251 e. The Kier molecular flexibility index (Phi) is 7.93. The van der Waals surface area contributed by atoms with Gasteiger partial charge in [-0.05, 0) is 57.2 Å². The number of carbonyl (C=O) groups excluding carboxylic acids is 2. The number of nitrogens with one attached hydrogen (secondary N) is 1. The molecule has 6 heteroatoms. The molecule has 2 aromatic carbocycles.